The number of aliphatic carboxylic acids is 1. The molecule has 22 heavy (non-hydrogen) atoms. The highest BCUT2D eigenvalue weighted by Crippen LogP contribution is 2.53. The van der Waals surface area contributed by atoms with Crippen LogP contribution in [0.3, 0.4) is 0 Å². The van der Waals surface area contributed by atoms with E-state index in [2.05, 4.69) is 6.58 Å². The summed E-state index contributed by atoms with van der Waals surface area (Å²) in [5, 5.41) is 13.2. The third kappa shape index (κ3) is 3.38. The third-order valence-electron chi connectivity index (χ3n) is 3.54. The summed E-state index contributed by atoms with van der Waals surface area (Å²) in [6.07, 6.45) is 1.65. The van der Waals surface area contributed by atoms with E-state index in [9.17, 15) is 19.4 Å². The van der Waals surface area contributed by atoms with Crippen molar-refractivity contribution >= 4 is 30.0 Å². The SMILES string of the molecule is C=CCC(C(C(=O)O)c1ccccc1)P(=O)(O)c1ccsc1. The molecule has 0 aliphatic heterocycles. The van der Waals surface area contributed by atoms with Gasteiger partial charge in [-0.2, -0.15) is 11.3 Å². The number of hydrogen-bond acceptors (Lipinski definition) is 3. The second-order valence-electron chi connectivity index (χ2n) is 4.92. The van der Waals surface area contributed by atoms with E-state index in [1.54, 1.807) is 47.2 Å². The lowest BCUT2D eigenvalue weighted by atomic mass is 9.94. The fraction of sp³-hybridized carbons (Fsp3) is 0.188. The van der Waals surface area contributed by atoms with Gasteiger partial charge in [0, 0.05) is 10.7 Å². The zero-order chi connectivity index (χ0) is 16.2. The average molecular weight is 336 g/mol. The molecule has 0 fully saturated rings. The Morgan fingerprint density at radius 1 is 1.32 bits per heavy atom. The molecule has 0 aliphatic carbocycles. The molecule has 2 aromatic rings. The predicted molar refractivity (Wildman–Crippen MR) is 89.2 cm³/mol. The van der Waals surface area contributed by atoms with Crippen LogP contribution in [-0.4, -0.2) is 21.6 Å². The quantitative estimate of drug-likeness (QED) is 0.600. The van der Waals surface area contributed by atoms with Gasteiger partial charge in [0.15, 0.2) is 0 Å². The Hall–Kier alpha value is -1.68. The largest absolute Gasteiger partial charge is 0.481 e. The van der Waals surface area contributed by atoms with Crippen molar-refractivity contribution < 1.29 is 19.4 Å². The van der Waals surface area contributed by atoms with Crippen LogP contribution in [0.5, 0.6) is 0 Å². The molecule has 3 atom stereocenters. The standard InChI is InChI=1S/C16H17O4PS/c1-2-6-14(21(19,20)13-9-10-22-11-13)15(16(17)18)12-7-4-3-5-8-12/h2-5,7-11,14-15H,1,6H2,(H,17,18)(H,19,20). The molecule has 2 rings (SSSR count). The number of carbonyl (C=O) groups is 1. The summed E-state index contributed by atoms with van der Waals surface area (Å²) in [6.45, 7) is 3.61. The van der Waals surface area contributed by atoms with Gasteiger partial charge in [0.1, 0.15) is 0 Å². The van der Waals surface area contributed by atoms with Crippen molar-refractivity contribution in [1.82, 2.24) is 0 Å². The summed E-state index contributed by atoms with van der Waals surface area (Å²) >= 11 is 1.31. The first-order chi connectivity index (χ1) is 10.5. The van der Waals surface area contributed by atoms with Crippen LogP contribution in [0.15, 0.2) is 59.8 Å². The monoisotopic (exact) mass is 336 g/mol. The van der Waals surface area contributed by atoms with Crippen LogP contribution >= 0.6 is 18.7 Å². The number of hydrogen-bond donors (Lipinski definition) is 2. The van der Waals surface area contributed by atoms with Gasteiger partial charge in [-0.3, -0.25) is 9.36 Å². The van der Waals surface area contributed by atoms with Gasteiger partial charge in [-0.25, -0.2) is 0 Å². The van der Waals surface area contributed by atoms with Gasteiger partial charge in [0.05, 0.1) is 11.6 Å². The predicted octanol–water partition coefficient (Wildman–Crippen LogP) is 3.46. The first-order valence-corrected chi connectivity index (χ1v) is 9.39. The van der Waals surface area contributed by atoms with E-state index in [1.807, 2.05) is 0 Å². The summed E-state index contributed by atoms with van der Waals surface area (Å²) in [7, 11) is -3.84. The third-order valence-corrected chi connectivity index (χ3v) is 6.83. The highest BCUT2D eigenvalue weighted by Gasteiger charge is 2.42. The van der Waals surface area contributed by atoms with Crippen LogP contribution in [0.4, 0.5) is 0 Å². The molecule has 1 aromatic carbocycles. The molecule has 1 aromatic heterocycles. The Morgan fingerprint density at radius 3 is 2.50 bits per heavy atom. The van der Waals surface area contributed by atoms with Crippen molar-refractivity contribution in [2.75, 3.05) is 0 Å². The van der Waals surface area contributed by atoms with Gasteiger partial charge in [0.25, 0.3) is 0 Å². The van der Waals surface area contributed by atoms with E-state index < -0.39 is 24.9 Å². The molecule has 4 nitrogen and oxygen atoms in total. The number of carboxylic acid groups (broad SMARTS) is 1. The lowest BCUT2D eigenvalue weighted by Gasteiger charge is -2.27. The van der Waals surface area contributed by atoms with E-state index in [0.717, 1.165) is 0 Å². The summed E-state index contributed by atoms with van der Waals surface area (Å²) < 4.78 is 12.9. The van der Waals surface area contributed by atoms with Crippen molar-refractivity contribution in [1.29, 1.82) is 0 Å². The molecule has 0 amide bonds. The van der Waals surface area contributed by atoms with Gasteiger partial charge < -0.3 is 10.00 Å². The van der Waals surface area contributed by atoms with Crippen molar-refractivity contribution in [2.24, 2.45) is 0 Å². The molecule has 3 unspecified atom stereocenters. The van der Waals surface area contributed by atoms with Crippen molar-refractivity contribution in [3.63, 3.8) is 0 Å². The molecule has 1 heterocycles. The van der Waals surface area contributed by atoms with E-state index in [0.29, 0.717) is 10.9 Å². The Bertz CT molecular complexity index is 681. The lowest BCUT2D eigenvalue weighted by molar-refractivity contribution is -0.138. The molecule has 6 heteroatoms. The molecule has 0 saturated carbocycles. The fourth-order valence-electron chi connectivity index (χ4n) is 2.47. The Balaban J connectivity index is 2.51. The fourth-order valence-corrected chi connectivity index (χ4v) is 5.69. The van der Waals surface area contributed by atoms with Crippen LogP contribution < -0.4 is 5.30 Å². The topological polar surface area (TPSA) is 74.6 Å². The highest BCUT2D eigenvalue weighted by atomic mass is 32.1. The number of thiophene rings is 1. The first-order valence-electron chi connectivity index (χ1n) is 6.72. The molecule has 0 saturated heterocycles. The molecule has 116 valence electrons. The Labute approximate surface area is 133 Å². The Morgan fingerprint density at radius 2 is 2.00 bits per heavy atom. The average Bonchev–Trinajstić information content (AvgIpc) is 3.02. The van der Waals surface area contributed by atoms with Gasteiger partial charge in [-0.1, -0.05) is 36.4 Å². The number of carboxylic acids is 1. The van der Waals surface area contributed by atoms with Crippen LogP contribution in [-0.2, 0) is 9.36 Å². The summed E-state index contributed by atoms with van der Waals surface area (Å²) in [5.41, 5.74) is -0.425. The van der Waals surface area contributed by atoms with Crippen molar-refractivity contribution in [2.45, 2.75) is 18.0 Å². The van der Waals surface area contributed by atoms with Gasteiger partial charge in [-0.15, -0.1) is 6.58 Å². The molecule has 0 radical (unpaired) electrons. The zero-order valence-corrected chi connectivity index (χ0v) is 13.5. The second-order valence-corrected chi connectivity index (χ2v) is 8.13. The van der Waals surface area contributed by atoms with Gasteiger partial charge in [0.2, 0.25) is 7.37 Å². The van der Waals surface area contributed by atoms with Crippen molar-refractivity contribution in [3.8, 4) is 0 Å². The zero-order valence-electron chi connectivity index (χ0n) is 11.8. The number of benzene rings is 1. The molecule has 2 N–H and O–H groups in total. The normalized spacial score (nSPS) is 16.4. The number of allylic oxidation sites excluding steroid dienone is 1. The molecular weight excluding hydrogens is 319 g/mol. The lowest BCUT2D eigenvalue weighted by Crippen LogP contribution is -2.29. The van der Waals surface area contributed by atoms with E-state index in [1.165, 1.54) is 17.4 Å². The minimum Gasteiger partial charge on any atom is -0.481 e. The molecule has 0 aliphatic rings. The van der Waals surface area contributed by atoms with E-state index in [-0.39, 0.29) is 6.42 Å². The van der Waals surface area contributed by atoms with Crippen LogP contribution in [0.1, 0.15) is 17.9 Å². The van der Waals surface area contributed by atoms with E-state index in [4.69, 9.17) is 0 Å². The van der Waals surface area contributed by atoms with Gasteiger partial charge >= 0.3 is 5.97 Å². The van der Waals surface area contributed by atoms with Crippen LogP contribution in [0.25, 0.3) is 0 Å². The van der Waals surface area contributed by atoms with Crippen LogP contribution in [0.2, 0.25) is 0 Å². The number of rotatable bonds is 7. The maximum atomic E-state index is 12.9. The minimum absolute atomic E-state index is 0.148. The van der Waals surface area contributed by atoms with E-state index >= 15 is 0 Å². The molecule has 0 bridgehead atoms. The second kappa shape index (κ2) is 7.05. The van der Waals surface area contributed by atoms with Crippen LogP contribution in [0, 0.1) is 0 Å². The summed E-state index contributed by atoms with van der Waals surface area (Å²) in [6, 6.07) is 10.1. The van der Waals surface area contributed by atoms with Crippen molar-refractivity contribution in [3.05, 3.63) is 65.4 Å². The minimum atomic E-state index is -3.84. The van der Waals surface area contributed by atoms with Gasteiger partial charge in [-0.05, 0) is 23.4 Å². The maximum absolute atomic E-state index is 12.9. The smallest absolute Gasteiger partial charge is 0.311 e. The summed E-state index contributed by atoms with van der Waals surface area (Å²) in [4.78, 5) is 22.4. The molecular formula is C16H17O4PS. The maximum Gasteiger partial charge on any atom is 0.311 e. The summed E-state index contributed by atoms with van der Waals surface area (Å²) in [5.74, 6) is -2.17. The highest BCUT2D eigenvalue weighted by molar-refractivity contribution is 7.67. The first kappa shape index (κ1) is 16.7. The molecule has 0 spiro atoms. The Kier molecular flexibility index (Phi) is 5.35.